The summed E-state index contributed by atoms with van der Waals surface area (Å²) in [6.45, 7) is -0.834. The predicted molar refractivity (Wildman–Crippen MR) is 113 cm³/mol. The Morgan fingerprint density at radius 1 is 1.12 bits per heavy atom. The van der Waals surface area contributed by atoms with Gasteiger partial charge in [-0.2, -0.15) is 5.26 Å². The number of nitrogens with zero attached hydrogens (tertiary/aromatic N) is 2. The lowest BCUT2D eigenvalue weighted by atomic mass is 9.50. The van der Waals surface area contributed by atoms with Crippen LogP contribution in [0.3, 0.4) is 0 Å². The molecule has 4 aliphatic carbocycles. The van der Waals surface area contributed by atoms with Crippen molar-refractivity contribution in [3.63, 3.8) is 0 Å². The van der Waals surface area contributed by atoms with Crippen molar-refractivity contribution >= 4 is 11.8 Å². The highest BCUT2D eigenvalue weighted by molar-refractivity contribution is 5.94. The quantitative estimate of drug-likeness (QED) is 0.708. The fourth-order valence-corrected chi connectivity index (χ4v) is 7.12. The van der Waals surface area contributed by atoms with Crippen molar-refractivity contribution in [3.8, 4) is 6.07 Å². The van der Waals surface area contributed by atoms with Gasteiger partial charge in [0.25, 0.3) is 11.8 Å². The van der Waals surface area contributed by atoms with E-state index in [1.807, 2.05) is 6.07 Å². The molecule has 4 bridgehead atoms. The van der Waals surface area contributed by atoms with Gasteiger partial charge in [-0.05, 0) is 68.6 Å². The number of hydrogen-bond acceptors (Lipinski definition) is 4. The molecule has 33 heavy (non-hydrogen) atoms. The number of amides is 2. The molecule has 9 heteroatoms. The molecule has 1 saturated heterocycles. The summed E-state index contributed by atoms with van der Waals surface area (Å²) in [5.74, 6) is -3.52. The van der Waals surface area contributed by atoms with Gasteiger partial charge in [0.05, 0.1) is 19.2 Å². The van der Waals surface area contributed by atoms with Gasteiger partial charge >= 0.3 is 0 Å². The molecule has 0 radical (unpaired) electrons. The minimum atomic E-state index is -3.04. The maximum absolute atomic E-state index is 13.8. The number of hydrogen-bond donors (Lipinski definition) is 2. The van der Waals surface area contributed by atoms with Crippen LogP contribution in [0.1, 0.15) is 55.3 Å². The number of carbonyl (C=O) groups excluding carboxylic acids is 2. The first kappa shape index (κ1) is 22.2. The van der Waals surface area contributed by atoms with Gasteiger partial charge in [0.15, 0.2) is 0 Å². The van der Waals surface area contributed by atoms with Crippen LogP contribution in [0, 0.1) is 29.0 Å². The molecule has 1 aliphatic heterocycles. The van der Waals surface area contributed by atoms with Crippen LogP contribution in [0.5, 0.6) is 0 Å². The van der Waals surface area contributed by atoms with Crippen LogP contribution in [0.2, 0.25) is 0 Å². The van der Waals surface area contributed by atoms with Crippen molar-refractivity contribution in [1.82, 2.24) is 15.5 Å². The summed E-state index contributed by atoms with van der Waals surface area (Å²) in [5, 5.41) is 15.7. The Balaban J connectivity index is 1.29. The summed E-state index contributed by atoms with van der Waals surface area (Å²) in [5.41, 5.74) is -0.515. The van der Waals surface area contributed by atoms with E-state index in [4.69, 9.17) is 0 Å². The van der Waals surface area contributed by atoms with Gasteiger partial charge in [0.1, 0.15) is 11.9 Å². The van der Waals surface area contributed by atoms with Crippen molar-refractivity contribution in [1.29, 1.82) is 5.26 Å². The molecule has 1 aromatic carbocycles. The van der Waals surface area contributed by atoms with E-state index < -0.39 is 42.2 Å². The minimum absolute atomic E-state index is 0.110. The second-order valence-electron chi connectivity index (χ2n) is 10.6. The summed E-state index contributed by atoms with van der Waals surface area (Å²) >= 11 is 0. The van der Waals surface area contributed by atoms with Crippen LogP contribution >= 0.6 is 0 Å². The molecule has 5 aliphatic rings. The fourth-order valence-electron chi connectivity index (χ4n) is 7.12. The Bertz CT molecular complexity index is 1010. The number of nitrogens with one attached hydrogen (secondary N) is 2. The fraction of sp³-hybridized carbons (Fsp3) is 0.625. The molecule has 2 unspecified atom stereocenters. The summed E-state index contributed by atoms with van der Waals surface area (Å²) in [6.07, 6.45) is 4.51. The number of likely N-dealkylation sites (tertiary alicyclic amines) is 1. The third-order valence-corrected chi connectivity index (χ3v) is 7.88. The number of alkyl halides is 2. The molecule has 0 aromatic heterocycles. The Hall–Kier alpha value is -2.60. The lowest BCUT2D eigenvalue weighted by Gasteiger charge is -2.62. The van der Waals surface area contributed by atoms with Crippen LogP contribution in [0.25, 0.3) is 0 Å². The van der Waals surface area contributed by atoms with E-state index in [1.54, 1.807) is 6.07 Å². The highest BCUT2D eigenvalue weighted by atomic mass is 19.3. The van der Waals surface area contributed by atoms with Gasteiger partial charge in [-0.3, -0.25) is 9.59 Å². The normalized spacial score (nSPS) is 35.9. The topological polar surface area (TPSA) is 85.2 Å². The zero-order valence-corrected chi connectivity index (χ0v) is 18.3. The van der Waals surface area contributed by atoms with Crippen molar-refractivity contribution in [2.75, 3.05) is 13.1 Å². The van der Waals surface area contributed by atoms with Gasteiger partial charge in [-0.15, -0.1) is 0 Å². The molecular weight excluding hydrogens is 433 g/mol. The zero-order valence-electron chi connectivity index (χ0n) is 18.3. The third-order valence-electron chi connectivity index (χ3n) is 7.88. The first-order valence-corrected chi connectivity index (χ1v) is 11.5. The van der Waals surface area contributed by atoms with E-state index >= 15 is 0 Å². The molecule has 4 saturated carbocycles. The summed E-state index contributed by atoms with van der Waals surface area (Å²) < 4.78 is 41.1. The SMILES string of the molecule is N#C[C@@H]1CC(F)(F)CN1C(=O)CNC12CC3CC(C1)CC(NC(=O)c1cccc(F)c1)(C3)C2. The van der Waals surface area contributed by atoms with E-state index in [0.29, 0.717) is 18.3 Å². The van der Waals surface area contributed by atoms with E-state index in [-0.39, 0.29) is 23.6 Å². The maximum Gasteiger partial charge on any atom is 0.268 e. The van der Waals surface area contributed by atoms with Crippen molar-refractivity contribution in [2.45, 2.75) is 68.0 Å². The number of benzene rings is 1. The standard InChI is InChI=1S/C24H27F3N4O2/c25-18-3-1-2-17(5-18)21(33)30-23-8-15-4-16(9-23)7-22(6-15,13-23)29-12-20(32)31-14-24(26,27)10-19(31)11-28/h1-3,5,15-16,19,29H,4,6-10,12-14H2,(H,30,33)/t15?,16?,19-,22?,23?/m0/s1. The Kier molecular flexibility index (Phi) is 5.20. The molecule has 5 fully saturated rings. The number of halogens is 3. The van der Waals surface area contributed by atoms with Gasteiger partial charge in [-0.1, -0.05) is 6.07 Å². The lowest BCUT2D eigenvalue weighted by molar-refractivity contribution is -0.133. The highest BCUT2D eigenvalue weighted by Gasteiger charge is 2.58. The summed E-state index contributed by atoms with van der Waals surface area (Å²) in [7, 11) is 0. The van der Waals surface area contributed by atoms with E-state index in [1.165, 1.54) is 18.2 Å². The van der Waals surface area contributed by atoms with E-state index in [2.05, 4.69) is 10.6 Å². The monoisotopic (exact) mass is 460 g/mol. The third kappa shape index (κ3) is 4.21. The lowest BCUT2D eigenvalue weighted by Crippen LogP contribution is -2.69. The second kappa shape index (κ2) is 7.73. The van der Waals surface area contributed by atoms with Crippen molar-refractivity contribution < 1.29 is 22.8 Å². The first-order chi connectivity index (χ1) is 15.6. The molecule has 3 atom stereocenters. The zero-order chi connectivity index (χ0) is 23.4. The van der Waals surface area contributed by atoms with Crippen LogP contribution in [-0.4, -0.2) is 52.8 Å². The van der Waals surface area contributed by atoms with E-state index in [9.17, 15) is 28.0 Å². The average Bonchev–Trinajstić information content (AvgIpc) is 3.05. The Morgan fingerprint density at radius 2 is 1.82 bits per heavy atom. The van der Waals surface area contributed by atoms with Crippen molar-refractivity contribution in [2.24, 2.45) is 11.8 Å². The van der Waals surface area contributed by atoms with Gasteiger partial charge in [-0.25, -0.2) is 13.2 Å². The van der Waals surface area contributed by atoms with Crippen LogP contribution in [0.15, 0.2) is 24.3 Å². The van der Waals surface area contributed by atoms with Crippen LogP contribution in [-0.2, 0) is 4.79 Å². The van der Waals surface area contributed by atoms with Crippen LogP contribution < -0.4 is 10.6 Å². The van der Waals surface area contributed by atoms with E-state index in [0.717, 1.165) is 37.0 Å². The van der Waals surface area contributed by atoms with Gasteiger partial charge in [0, 0.05) is 23.1 Å². The summed E-state index contributed by atoms with van der Waals surface area (Å²) in [4.78, 5) is 26.6. The van der Waals surface area contributed by atoms with Gasteiger partial charge in [0.2, 0.25) is 5.91 Å². The predicted octanol–water partition coefficient (Wildman–Crippen LogP) is 3.00. The number of rotatable bonds is 5. The van der Waals surface area contributed by atoms with Crippen molar-refractivity contribution in [3.05, 3.63) is 35.6 Å². The highest BCUT2D eigenvalue weighted by Crippen LogP contribution is 2.57. The molecule has 6 nitrogen and oxygen atoms in total. The largest absolute Gasteiger partial charge is 0.347 e. The van der Waals surface area contributed by atoms with Gasteiger partial charge < -0.3 is 15.5 Å². The maximum atomic E-state index is 13.8. The first-order valence-electron chi connectivity index (χ1n) is 11.5. The summed E-state index contributed by atoms with van der Waals surface area (Å²) in [6, 6.07) is 6.32. The molecule has 0 spiro atoms. The molecule has 2 amide bonds. The molecule has 1 aromatic rings. The Labute approximate surface area is 190 Å². The molecule has 176 valence electrons. The number of carbonyl (C=O) groups is 2. The molecule has 1 heterocycles. The minimum Gasteiger partial charge on any atom is -0.347 e. The van der Waals surface area contributed by atoms with Crippen LogP contribution in [0.4, 0.5) is 13.2 Å². The number of nitriles is 1. The molecule has 2 N–H and O–H groups in total. The average molecular weight is 461 g/mol. The Morgan fingerprint density at radius 3 is 2.48 bits per heavy atom. The molecular formula is C24H27F3N4O2. The molecule has 6 rings (SSSR count). The smallest absolute Gasteiger partial charge is 0.268 e. The second-order valence-corrected chi connectivity index (χ2v) is 10.6.